The van der Waals surface area contributed by atoms with E-state index in [4.69, 9.17) is 21.1 Å². The van der Waals surface area contributed by atoms with Gasteiger partial charge in [0.1, 0.15) is 23.1 Å². The number of ether oxygens (including phenoxy) is 2. The number of benzene rings is 3. The summed E-state index contributed by atoms with van der Waals surface area (Å²) in [4.78, 5) is 15.9. The summed E-state index contributed by atoms with van der Waals surface area (Å²) < 4.78 is 11.3. The molecule has 0 saturated heterocycles. The molecule has 2 N–H and O–H groups in total. The number of ketones is 1. The number of aliphatic hydroxyl groups is 1. The molecule has 1 heterocycles. The topological polar surface area (TPSA) is 82.9 Å². The van der Waals surface area contributed by atoms with Crippen molar-refractivity contribution in [1.82, 2.24) is 0 Å². The van der Waals surface area contributed by atoms with Gasteiger partial charge in [0.05, 0.1) is 20.1 Å². The van der Waals surface area contributed by atoms with Crippen LogP contribution in [-0.2, 0) is 4.79 Å². The van der Waals surface area contributed by atoms with E-state index in [1.54, 1.807) is 43.4 Å². The van der Waals surface area contributed by atoms with Gasteiger partial charge < -0.3 is 14.6 Å². The number of nitrogens with zero attached hydrogens (tertiary/aromatic N) is 1. The number of Topliss-reactive ketones (excluding diaryl/α,β-unsaturated/α-hetero) is 1. The Morgan fingerprint density at radius 3 is 2.30 bits per heavy atom. The van der Waals surface area contributed by atoms with Crippen LogP contribution in [0.2, 0.25) is 5.02 Å². The van der Waals surface area contributed by atoms with Gasteiger partial charge in [0.2, 0.25) is 0 Å². The van der Waals surface area contributed by atoms with Gasteiger partial charge in [0.25, 0.3) is 0 Å². The van der Waals surface area contributed by atoms with Crippen LogP contribution in [0.25, 0.3) is 5.76 Å². The number of aliphatic hydroxyl groups excluding tert-OH is 1. The van der Waals surface area contributed by atoms with Crippen molar-refractivity contribution in [1.29, 1.82) is 5.41 Å². The summed E-state index contributed by atoms with van der Waals surface area (Å²) in [5.74, 6) is 0.366. The molecule has 0 saturated carbocycles. The number of aryl methyl sites for hydroxylation is 1. The van der Waals surface area contributed by atoms with Crippen molar-refractivity contribution in [3.63, 3.8) is 0 Å². The number of hydrogen-bond donors (Lipinski definition) is 2. The van der Waals surface area contributed by atoms with Crippen LogP contribution in [0.15, 0.2) is 83.6 Å². The predicted octanol–water partition coefficient (Wildman–Crippen LogP) is 7.86. The molecule has 0 fully saturated rings. The largest absolute Gasteiger partial charge is 0.507 e. The highest BCUT2D eigenvalue weighted by Crippen LogP contribution is 2.53. The smallest absolute Gasteiger partial charge is 0.162 e. The minimum Gasteiger partial charge on any atom is -0.507 e. The maximum absolute atomic E-state index is 14.1. The summed E-state index contributed by atoms with van der Waals surface area (Å²) in [6.45, 7) is 6.10. The molecule has 0 aromatic heterocycles. The molecule has 5 rings (SSSR count). The van der Waals surface area contributed by atoms with Gasteiger partial charge in [0, 0.05) is 45.1 Å². The molecule has 0 amide bonds. The standard InChI is InChI=1S/C33H33ClN2O4/c1-19-6-8-20(9-7-19)31(38)30-28(24-16-23(39-4)14-15-27(24)40-5)29-25(17-33(2,3)18-26(29)37)36(32(30)35)22-12-10-21(34)11-13-22/h6-16,28,35,38H,17-18H2,1-5H3/b31-30+,35-32?. The highest BCUT2D eigenvalue weighted by Gasteiger charge is 2.47. The minimum absolute atomic E-state index is 0.0261. The zero-order valence-electron chi connectivity index (χ0n) is 23.3. The van der Waals surface area contributed by atoms with E-state index in [1.165, 1.54) is 0 Å². The minimum atomic E-state index is -0.749. The summed E-state index contributed by atoms with van der Waals surface area (Å²) >= 11 is 6.22. The molecule has 40 heavy (non-hydrogen) atoms. The van der Waals surface area contributed by atoms with E-state index in [9.17, 15) is 15.3 Å². The molecule has 0 bridgehead atoms. The van der Waals surface area contributed by atoms with E-state index in [0.29, 0.717) is 57.3 Å². The molecular weight excluding hydrogens is 524 g/mol. The van der Waals surface area contributed by atoms with E-state index in [0.717, 1.165) is 11.3 Å². The first-order chi connectivity index (χ1) is 19.0. The molecule has 3 aromatic carbocycles. The van der Waals surface area contributed by atoms with Crippen molar-refractivity contribution in [3.05, 3.63) is 105 Å². The van der Waals surface area contributed by atoms with E-state index in [2.05, 4.69) is 13.8 Å². The second kappa shape index (κ2) is 10.5. The summed E-state index contributed by atoms with van der Waals surface area (Å²) in [7, 11) is 3.15. The van der Waals surface area contributed by atoms with Crippen LogP contribution in [-0.4, -0.2) is 30.9 Å². The number of carbonyl (C=O) groups is 1. The van der Waals surface area contributed by atoms with Gasteiger partial charge in [-0.05, 0) is 61.2 Å². The Hall–Kier alpha value is -4.03. The predicted molar refractivity (Wildman–Crippen MR) is 160 cm³/mol. The lowest BCUT2D eigenvalue weighted by molar-refractivity contribution is -0.118. The van der Waals surface area contributed by atoms with Crippen molar-refractivity contribution < 1.29 is 19.4 Å². The third kappa shape index (κ3) is 4.88. The number of anilines is 1. The molecule has 1 aliphatic carbocycles. The first-order valence-corrected chi connectivity index (χ1v) is 13.6. The number of rotatable bonds is 5. The zero-order chi connectivity index (χ0) is 28.8. The molecule has 6 nitrogen and oxygen atoms in total. The Morgan fingerprint density at radius 2 is 1.68 bits per heavy atom. The van der Waals surface area contributed by atoms with Gasteiger partial charge in [-0.25, -0.2) is 0 Å². The lowest BCUT2D eigenvalue weighted by Gasteiger charge is -2.45. The van der Waals surface area contributed by atoms with Crippen LogP contribution in [0.3, 0.4) is 0 Å². The summed E-state index contributed by atoms with van der Waals surface area (Å²) in [6.07, 6.45) is 0.912. The number of methoxy groups -OCH3 is 2. The summed E-state index contributed by atoms with van der Waals surface area (Å²) in [5.41, 5.74) is 4.23. The lowest BCUT2D eigenvalue weighted by Crippen LogP contribution is -2.45. The normalized spacial score (nSPS) is 19.9. The molecule has 3 aromatic rings. The number of amidine groups is 1. The third-order valence-corrected chi connectivity index (χ3v) is 7.89. The molecule has 1 aliphatic heterocycles. The second-order valence-electron chi connectivity index (χ2n) is 11.1. The monoisotopic (exact) mass is 556 g/mol. The Morgan fingerprint density at radius 1 is 1.00 bits per heavy atom. The number of hydrogen-bond acceptors (Lipinski definition) is 5. The number of allylic oxidation sites excluding steroid dienone is 2. The molecule has 1 unspecified atom stereocenters. The number of carbonyl (C=O) groups excluding carboxylic acids is 1. The molecule has 0 spiro atoms. The Bertz CT molecular complexity index is 1550. The van der Waals surface area contributed by atoms with Gasteiger partial charge in [-0.1, -0.05) is 55.3 Å². The van der Waals surface area contributed by atoms with Crippen molar-refractivity contribution in [2.45, 2.75) is 39.5 Å². The van der Waals surface area contributed by atoms with Crippen LogP contribution in [0.5, 0.6) is 11.5 Å². The van der Waals surface area contributed by atoms with Crippen LogP contribution in [0, 0.1) is 17.7 Å². The highest BCUT2D eigenvalue weighted by molar-refractivity contribution is 6.30. The zero-order valence-corrected chi connectivity index (χ0v) is 24.1. The molecular formula is C33H33ClN2O4. The number of nitrogens with one attached hydrogen (secondary N) is 1. The number of halogens is 1. The molecule has 0 radical (unpaired) electrons. The first kappa shape index (κ1) is 27.5. The SMILES string of the molecule is COc1ccc(OC)c(C2C3=C(CC(C)(C)CC3=O)N(c3ccc(Cl)cc3)C(=N)/C2=C(/O)c2ccc(C)cc2)c1. The van der Waals surface area contributed by atoms with Crippen LogP contribution < -0.4 is 14.4 Å². The van der Waals surface area contributed by atoms with E-state index < -0.39 is 5.92 Å². The van der Waals surface area contributed by atoms with Gasteiger partial charge >= 0.3 is 0 Å². The van der Waals surface area contributed by atoms with Crippen molar-refractivity contribution in [3.8, 4) is 11.5 Å². The Labute approximate surface area is 240 Å². The van der Waals surface area contributed by atoms with Gasteiger partial charge in [0.15, 0.2) is 5.78 Å². The maximum Gasteiger partial charge on any atom is 0.162 e. The van der Waals surface area contributed by atoms with Crippen molar-refractivity contribution >= 4 is 34.7 Å². The quantitative estimate of drug-likeness (QED) is 0.312. The first-order valence-electron chi connectivity index (χ1n) is 13.2. The molecule has 2 aliphatic rings. The lowest BCUT2D eigenvalue weighted by atomic mass is 9.67. The highest BCUT2D eigenvalue weighted by atomic mass is 35.5. The average molecular weight is 557 g/mol. The average Bonchev–Trinajstić information content (AvgIpc) is 2.92. The fourth-order valence-electron chi connectivity index (χ4n) is 5.73. The van der Waals surface area contributed by atoms with Crippen LogP contribution >= 0.6 is 11.6 Å². The van der Waals surface area contributed by atoms with Gasteiger partial charge in [-0.2, -0.15) is 0 Å². The maximum atomic E-state index is 14.1. The Kier molecular flexibility index (Phi) is 7.23. The fraction of sp³-hybridized carbons (Fsp3) is 0.273. The second-order valence-corrected chi connectivity index (χ2v) is 11.6. The summed E-state index contributed by atoms with van der Waals surface area (Å²) in [6, 6.07) is 20.1. The Balaban J connectivity index is 1.89. The molecule has 1 atom stereocenters. The van der Waals surface area contributed by atoms with E-state index in [-0.39, 0.29) is 22.8 Å². The van der Waals surface area contributed by atoms with Gasteiger partial charge in [-0.15, -0.1) is 0 Å². The summed E-state index contributed by atoms with van der Waals surface area (Å²) in [5, 5.41) is 22.1. The fourth-order valence-corrected chi connectivity index (χ4v) is 5.86. The van der Waals surface area contributed by atoms with E-state index >= 15 is 0 Å². The van der Waals surface area contributed by atoms with Crippen LogP contribution in [0.4, 0.5) is 5.69 Å². The van der Waals surface area contributed by atoms with Gasteiger partial charge in [-0.3, -0.25) is 15.1 Å². The molecule has 206 valence electrons. The van der Waals surface area contributed by atoms with E-state index in [1.807, 2.05) is 49.4 Å². The third-order valence-electron chi connectivity index (χ3n) is 7.64. The van der Waals surface area contributed by atoms with Crippen molar-refractivity contribution in [2.75, 3.05) is 19.1 Å². The molecule has 7 heteroatoms. The van der Waals surface area contributed by atoms with Crippen LogP contribution in [0.1, 0.15) is 49.3 Å². The van der Waals surface area contributed by atoms with Crippen molar-refractivity contribution in [2.24, 2.45) is 5.41 Å².